The Balaban J connectivity index is 2.30. The monoisotopic (exact) mass is 116 g/mol. The first kappa shape index (κ1) is 6.05. The molecule has 0 aromatic rings. The average molecular weight is 116 g/mol. The van der Waals surface area contributed by atoms with E-state index < -0.39 is 0 Å². The second-order valence-corrected chi connectivity index (χ2v) is 2.29. The summed E-state index contributed by atoms with van der Waals surface area (Å²) >= 11 is 0. The Morgan fingerprint density at radius 3 is 2.50 bits per heavy atom. The summed E-state index contributed by atoms with van der Waals surface area (Å²) in [5.74, 6) is 0.583. The highest BCUT2D eigenvalue weighted by atomic mass is 16.5. The third-order valence-corrected chi connectivity index (χ3v) is 1.60. The van der Waals surface area contributed by atoms with E-state index in [2.05, 4.69) is 6.92 Å². The summed E-state index contributed by atoms with van der Waals surface area (Å²) in [7, 11) is 1.73. The van der Waals surface area contributed by atoms with Crippen molar-refractivity contribution in [3.8, 4) is 0 Å². The van der Waals surface area contributed by atoms with Gasteiger partial charge < -0.3 is 9.47 Å². The molecule has 1 saturated heterocycles. The molecule has 0 unspecified atom stereocenters. The SMILES string of the molecule is CO[C@H]1COC[C@@H]1C. The number of methoxy groups -OCH3 is 1. The zero-order chi connectivity index (χ0) is 5.98. The van der Waals surface area contributed by atoms with Gasteiger partial charge >= 0.3 is 0 Å². The highest BCUT2D eigenvalue weighted by molar-refractivity contribution is 4.70. The first-order chi connectivity index (χ1) is 3.84. The number of ether oxygens (including phenoxy) is 2. The zero-order valence-electron chi connectivity index (χ0n) is 5.39. The smallest absolute Gasteiger partial charge is 0.0852 e. The summed E-state index contributed by atoms with van der Waals surface area (Å²) in [6, 6.07) is 0. The minimum absolute atomic E-state index is 0.343. The van der Waals surface area contributed by atoms with Gasteiger partial charge in [0.1, 0.15) is 0 Å². The third kappa shape index (κ3) is 1.01. The quantitative estimate of drug-likeness (QED) is 0.501. The van der Waals surface area contributed by atoms with Crippen LogP contribution in [0.3, 0.4) is 0 Å². The highest BCUT2D eigenvalue weighted by Gasteiger charge is 2.22. The summed E-state index contributed by atoms with van der Waals surface area (Å²) in [6.07, 6.45) is 0.343. The van der Waals surface area contributed by atoms with Gasteiger partial charge in [0.2, 0.25) is 0 Å². The van der Waals surface area contributed by atoms with Gasteiger partial charge in [0.05, 0.1) is 19.3 Å². The lowest BCUT2D eigenvalue weighted by atomic mass is 10.1. The van der Waals surface area contributed by atoms with E-state index in [4.69, 9.17) is 9.47 Å². The maximum atomic E-state index is 5.14. The predicted octanol–water partition coefficient (Wildman–Crippen LogP) is 0.668. The van der Waals surface area contributed by atoms with E-state index in [1.807, 2.05) is 0 Å². The Labute approximate surface area is 49.8 Å². The van der Waals surface area contributed by atoms with Crippen LogP contribution in [0.2, 0.25) is 0 Å². The molecule has 0 aliphatic carbocycles. The fourth-order valence-corrected chi connectivity index (χ4v) is 0.942. The molecule has 8 heavy (non-hydrogen) atoms. The van der Waals surface area contributed by atoms with Gasteiger partial charge in [-0.3, -0.25) is 0 Å². The van der Waals surface area contributed by atoms with Gasteiger partial charge in [0, 0.05) is 13.0 Å². The number of hydrogen-bond acceptors (Lipinski definition) is 2. The van der Waals surface area contributed by atoms with Crippen LogP contribution >= 0.6 is 0 Å². The normalized spacial score (nSPS) is 38.2. The van der Waals surface area contributed by atoms with Gasteiger partial charge in [0.25, 0.3) is 0 Å². The van der Waals surface area contributed by atoms with Crippen LogP contribution in [0, 0.1) is 5.92 Å². The van der Waals surface area contributed by atoms with Crippen molar-refractivity contribution in [2.45, 2.75) is 13.0 Å². The van der Waals surface area contributed by atoms with Crippen LogP contribution in [0.25, 0.3) is 0 Å². The first-order valence-electron chi connectivity index (χ1n) is 2.95. The van der Waals surface area contributed by atoms with Crippen molar-refractivity contribution in [3.05, 3.63) is 0 Å². The van der Waals surface area contributed by atoms with Crippen LogP contribution in [-0.4, -0.2) is 26.4 Å². The molecule has 0 amide bonds. The molecule has 0 N–H and O–H groups in total. The van der Waals surface area contributed by atoms with Gasteiger partial charge in [-0.05, 0) is 0 Å². The van der Waals surface area contributed by atoms with Crippen LogP contribution in [0.15, 0.2) is 0 Å². The molecule has 0 aromatic carbocycles. The van der Waals surface area contributed by atoms with E-state index in [0.717, 1.165) is 13.2 Å². The van der Waals surface area contributed by atoms with Crippen molar-refractivity contribution in [1.29, 1.82) is 0 Å². The van der Waals surface area contributed by atoms with Gasteiger partial charge in [-0.25, -0.2) is 0 Å². The van der Waals surface area contributed by atoms with Gasteiger partial charge in [-0.1, -0.05) is 6.92 Å². The summed E-state index contributed by atoms with van der Waals surface area (Å²) < 4.78 is 10.2. The van der Waals surface area contributed by atoms with Crippen LogP contribution in [0.5, 0.6) is 0 Å². The maximum absolute atomic E-state index is 5.14. The second-order valence-electron chi connectivity index (χ2n) is 2.29. The van der Waals surface area contributed by atoms with Gasteiger partial charge in [0.15, 0.2) is 0 Å². The molecule has 1 aliphatic heterocycles. The Hall–Kier alpha value is -0.0800. The molecule has 2 atom stereocenters. The van der Waals surface area contributed by atoms with Crippen LogP contribution < -0.4 is 0 Å². The van der Waals surface area contributed by atoms with E-state index in [1.54, 1.807) is 7.11 Å². The standard InChI is InChI=1S/C6H12O2/c1-5-3-8-4-6(5)7-2/h5-6H,3-4H2,1-2H3/t5-,6-/m0/s1. The first-order valence-corrected chi connectivity index (χ1v) is 2.95. The van der Waals surface area contributed by atoms with Crippen LogP contribution in [0.4, 0.5) is 0 Å². The van der Waals surface area contributed by atoms with E-state index in [9.17, 15) is 0 Å². The molecule has 2 nitrogen and oxygen atoms in total. The number of hydrogen-bond donors (Lipinski definition) is 0. The van der Waals surface area contributed by atoms with Gasteiger partial charge in [-0.15, -0.1) is 0 Å². The third-order valence-electron chi connectivity index (χ3n) is 1.60. The Kier molecular flexibility index (Phi) is 1.86. The lowest BCUT2D eigenvalue weighted by Gasteiger charge is -2.08. The molecule has 0 aromatic heterocycles. The molecular weight excluding hydrogens is 104 g/mol. The Morgan fingerprint density at radius 2 is 2.25 bits per heavy atom. The van der Waals surface area contributed by atoms with Crippen molar-refractivity contribution in [2.24, 2.45) is 5.92 Å². The minimum atomic E-state index is 0.343. The zero-order valence-corrected chi connectivity index (χ0v) is 5.39. The lowest BCUT2D eigenvalue weighted by Crippen LogP contribution is -2.17. The van der Waals surface area contributed by atoms with Crippen LogP contribution in [-0.2, 0) is 9.47 Å². The van der Waals surface area contributed by atoms with Crippen LogP contribution in [0.1, 0.15) is 6.92 Å². The summed E-state index contributed by atoms with van der Waals surface area (Å²) in [5, 5.41) is 0. The van der Waals surface area contributed by atoms with Crippen molar-refractivity contribution < 1.29 is 9.47 Å². The molecule has 0 radical (unpaired) electrons. The minimum Gasteiger partial charge on any atom is -0.379 e. The molecule has 2 heteroatoms. The van der Waals surface area contributed by atoms with Crippen molar-refractivity contribution in [1.82, 2.24) is 0 Å². The van der Waals surface area contributed by atoms with Crippen molar-refractivity contribution >= 4 is 0 Å². The highest BCUT2D eigenvalue weighted by Crippen LogP contribution is 2.14. The molecule has 1 aliphatic rings. The second kappa shape index (κ2) is 2.46. The Bertz CT molecular complexity index is 72.9. The maximum Gasteiger partial charge on any atom is 0.0852 e. The van der Waals surface area contributed by atoms with E-state index in [-0.39, 0.29) is 0 Å². The summed E-state index contributed by atoms with van der Waals surface area (Å²) in [4.78, 5) is 0. The lowest BCUT2D eigenvalue weighted by molar-refractivity contribution is 0.0697. The molecule has 1 rings (SSSR count). The summed E-state index contributed by atoms with van der Waals surface area (Å²) in [6.45, 7) is 3.78. The fraction of sp³-hybridized carbons (Fsp3) is 1.00. The molecule has 0 spiro atoms. The molecule has 1 fully saturated rings. The van der Waals surface area contributed by atoms with E-state index >= 15 is 0 Å². The van der Waals surface area contributed by atoms with E-state index in [0.29, 0.717) is 12.0 Å². The molecular formula is C6H12O2. The van der Waals surface area contributed by atoms with Gasteiger partial charge in [-0.2, -0.15) is 0 Å². The predicted molar refractivity (Wildman–Crippen MR) is 30.8 cm³/mol. The average Bonchev–Trinajstić information content (AvgIpc) is 2.14. The molecule has 0 saturated carbocycles. The van der Waals surface area contributed by atoms with Crippen molar-refractivity contribution in [2.75, 3.05) is 20.3 Å². The topological polar surface area (TPSA) is 18.5 Å². The summed E-state index contributed by atoms with van der Waals surface area (Å²) in [5.41, 5.74) is 0. The number of rotatable bonds is 1. The molecule has 48 valence electrons. The van der Waals surface area contributed by atoms with E-state index in [1.165, 1.54) is 0 Å². The largest absolute Gasteiger partial charge is 0.379 e. The Morgan fingerprint density at radius 1 is 1.50 bits per heavy atom. The fourth-order valence-electron chi connectivity index (χ4n) is 0.942. The molecule has 1 heterocycles. The van der Waals surface area contributed by atoms with Crippen molar-refractivity contribution in [3.63, 3.8) is 0 Å². The molecule has 0 bridgehead atoms.